The Hall–Kier alpha value is -3.17. The third kappa shape index (κ3) is 3.46. The van der Waals surface area contributed by atoms with Gasteiger partial charge in [0.05, 0.1) is 17.9 Å². The van der Waals surface area contributed by atoms with Crippen molar-refractivity contribution in [3.63, 3.8) is 0 Å². The van der Waals surface area contributed by atoms with Crippen LogP contribution in [0.15, 0.2) is 18.3 Å². The van der Waals surface area contributed by atoms with Crippen LogP contribution < -0.4 is 4.90 Å². The first-order chi connectivity index (χ1) is 14.2. The molecule has 0 amide bonds. The zero-order valence-corrected chi connectivity index (χ0v) is 16.7. The van der Waals surface area contributed by atoms with Gasteiger partial charge in [0, 0.05) is 31.4 Å². The van der Waals surface area contributed by atoms with Crippen molar-refractivity contribution in [1.82, 2.24) is 19.6 Å². The molecule has 0 radical (unpaired) electrons. The van der Waals surface area contributed by atoms with Crippen LogP contribution in [0.1, 0.15) is 45.5 Å². The van der Waals surface area contributed by atoms with Crippen LogP contribution in [0.3, 0.4) is 0 Å². The summed E-state index contributed by atoms with van der Waals surface area (Å²) in [5.74, 6) is 0.0568. The maximum absolute atomic E-state index is 13.1. The third-order valence-corrected chi connectivity index (χ3v) is 5.08. The summed E-state index contributed by atoms with van der Waals surface area (Å²) in [5, 5.41) is 4.60. The Morgan fingerprint density at radius 3 is 2.73 bits per heavy atom. The number of hydrogen-bond acceptors (Lipinski definition) is 6. The summed E-state index contributed by atoms with van der Waals surface area (Å²) in [6.45, 7) is 6.30. The number of pyridine rings is 1. The number of rotatable bonds is 3. The second-order valence-corrected chi connectivity index (χ2v) is 7.19. The fourth-order valence-corrected chi connectivity index (χ4v) is 3.67. The van der Waals surface area contributed by atoms with Gasteiger partial charge in [-0.1, -0.05) is 0 Å². The molecule has 3 aromatic rings. The largest absolute Gasteiger partial charge is 0.461 e. The standard InChI is InChI=1S/C20H20F3N5O2/c1-4-30-19(29)17-12(3)25-16-7-11(2)18(26-28(16)17)27-6-5-15-13(10-27)8-14(9-24-15)20(21,22)23/h7-9H,4-6,10H2,1-3H3. The normalized spacial score (nSPS) is 14.1. The lowest BCUT2D eigenvalue weighted by Crippen LogP contribution is -2.33. The third-order valence-electron chi connectivity index (χ3n) is 5.08. The van der Waals surface area contributed by atoms with E-state index in [9.17, 15) is 18.0 Å². The molecule has 1 aliphatic heterocycles. The number of alkyl halides is 3. The fourth-order valence-electron chi connectivity index (χ4n) is 3.67. The number of aryl methyl sites for hydroxylation is 2. The minimum absolute atomic E-state index is 0.224. The van der Waals surface area contributed by atoms with Crippen molar-refractivity contribution < 1.29 is 22.7 Å². The van der Waals surface area contributed by atoms with Crippen LogP contribution in [0.2, 0.25) is 0 Å². The average Bonchev–Trinajstić information content (AvgIpc) is 3.00. The van der Waals surface area contributed by atoms with Gasteiger partial charge >= 0.3 is 12.1 Å². The van der Waals surface area contributed by atoms with Gasteiger partial charge in [0.15, 0.2) is 17.2 Å². The minimum atomic E-state index is -4.44. The molecule has 0 spiro atoms. The van der Waals surface area contributed by atoms with Crippen molar-refractivity contribution in [3.05, 3.63) is 52.1 Å². The molecule has 0 atom stereocenters. The number of esters is 1. The van der Waals surface area contributed by atoms with Crippen LogP contribution in [0.25, 0.3) is 5.65 Å². The summed E-state index contributed by atoms with van der Waals surface area (Å²) >= 11 is 0. The van der Waals surface area contributed by atoms with Gasteiger partial charge in [-0.05, 0) is 44.0 Å². The SMILES string of the molecule is CCOC(=O)c1c(C)nc2cc(C)c(N3CCc4ncc(C(F)(F)F)cc4C3)nn12. The Bertz CT molecular complexity index is 1140. The zero-order chi connectivity index (χ0) is 21.6. The fraction of sp³-hybridized carbons (Fsp3) is 0.400. The number of nitrogens with zero attached hydrogens (tertiary/aromatic N) is 5. The van der Waals surface area contributed by atoms with E-state index in [1.165, 1.54) is 4.52 Å². The molecule has 30 heavy (non-hydrogen) atoms. The monoisotopic (exact) mass is 419 g/mol. The Morgan fingerprint density at radius 1 is 1.27 bits per heavy atom. The van der Waals surface area contributed by atoms with Crippen molar-refractivity contribution in [2.75, 3.05) is 18.1 Å². The van der Waals surface area contributed by atoms with E-state index in [1.54, 1.807) is 19.9 Å². The Balaban J connectivity index is 1.74. The first-order valence-corrected chi connectivity index (χ1v) is 9.53. The molecule has 0 aliphatic carbocycles. The number of aromatic nitrogens is 4. The first-order valence-electron chi connectivity index (χ1n) is 9.53. The quantitative estimate of drug-likeness (QED) is 0.605. The highest BCUT2D eigenvalue weighted by Crippen LogP contribution is 2.32. The summed E-state index contributed by atoms with van der Waals surface area (Å²) in [6, 6.07) is 2.95. The summed E-state index contributed by atoms with van der Waals surface area (Å²) in [5.41, 5.74) is 2.47. The van der Waals surface area contributed by atoms with E-state index >= 15 is 0 Å². The molecular formula is C20H20F3N5O2. The molecule has 4 heterocycles. The van der Waals surface area contributed by atoms with Crippen LogP contribution in [0, 0.1) is 13.8 Å². The Morgan fingerprint density at radius 2 is 2.03 bits per heavy atom. The molecule has 7 nitrogen and oxygen atoms in total. The highest BCUT2D eigenvalue weighted by molar-refractivity contribution is 5.90. The molecule has 0 saturated carbocycles. The van der Waals surface area contributed by atoms with Crippen molar-refractivity contribution in [1.29, 1.82) is 0 Å². The maximum atomic E-state index is 13.1. The van der Waals surface area contributed by atoms with E-state index in [1.807, 2.05) is 11.8 Å². The van der Waals surface area contributed by atoms with E-state index in [0.717, 1.165) is 17.8 Å². The molecule has 0 bridgehead atoms. The molecule has 0 aromatic carbocycles. The molecule has 0 N–H and O–H groups in total. The van der Waals surface area contributed by atoms with Crippen LogP contribution in [0.4, 0.5) is 19.0 Å². The molecule has 1 aliphatic rings. The number of ether oxygens (including phenoxy) is 1. The van der Waals surface area contributed by atoms with Crippen molar-refractivity contribution in [2.24, 2.45) is 0 Å². The zero-order valence-electron chi connectivity index (χ0n) is 16.7. The van der Waals surface area contributed by atoms with Crippen molar-refractivity contribution in [3.8, 4) is 0 Å². The van der Waals surface area contributed by atoms with E-state index in [2.05, 4.69) is 15.1 Å². The molecule has 10 heteroatoms. The first kappa shape index (κ1) is 20.1. The van der Waals surface area contributed by atoms with E-state index in [-0.39, 0.29) is 18.8 Å². The second kappa shape index (κ2) is 7.26. The number of carbonyl (C=O) groups excluding carboxylic acids is 1. The predicted octanol–water partition coefficient (Wildman–Crippen LogP) is 3.50. The summed E-state index contributed by atoms with van der Waals surface area (Å²) in [7, 11) is 0. The van der Waals surface area contributed by atoms with Gasteiger partial charge in [0.1, 0.15) is 0 Å². The van der Waals surface area contributed by atoms with Gasteiger partial charge in [0.25, 0.3) is 0 Å². The lowest BCUT2D eigenvalue weighted by molar-refractivity contribution is -0.137. The number of imidazole rings is 1. The Labute approximate surface area is 170 Å². The molecular weight excluding hydrogens is 399 g/mol. The minimum Gasteiger partial charge on any atom is -0.461 e. The molecule has 3 aromatic heterocycles. The molecule has 0 unspecified atom stereocenters. The van der Waals surface area contributed by atoms with Crippen LogP contribution >= 0.6 is 0 Å². The average molecular weight is 419 g/mol. The van der Waals surface area contributed by atoms with Crippen molar-refractivity contribution >= 4 is 17.4 Å². The lowest BCUT2D eigenvalue weighted by atomic mass is 10.0. The van der Waals surface area contributed by atoms with Gasteiger partial charge in [-0.2, -0.15) is 13.2 Å². The number of hydrogen-bond donors (Lipinski definition) is 0. The van der Waals surface area contributed by atoms with Gasteiger partial charge < -0.3 is 9.64 Å². The predicted molar refractivity (Wildman–Crippen MR) is 102 cm³/mol. The van der Waals surface area contributed by atoms with E-state index in [0.29, 0.717) is 41.4 Å². The summed E-state index contributed by atoms with van der Waals surface area (Å²) in [4.78, 5) is 22.6. The topological polar surface area (TPSA) is 72.6 Å². The van der Waals surface area contributed by atoms with E-state index in [4.69, 9.17) is 4.74 Å². The highest BCUT2D eigenvalue weighted by atomic mass is 19.4. The lowest BCUT2D eigenvalue weighted by Gasteiger charge is -2.30. The molecule has 4 rings (SSSR count). The van der Waals surface area contributed by atoms with Crippen molar-refractivity contribution in [2.45, 2.75) is 39.9 Å². The number of fused-ring (bicyclic) bond motifs is 2. The smallest absolute Gasteiger partial charge is 0.417 e. The molecule has 0 saturated heterocycles. The number of carbonyl (C=O) groups is 1. The van der Waals surface area contributed by atoms with E-state index < -0.39 is 17.7 Å². The second-order valence-electron chi connectivity index (χ2n) is 7.19. The van der Waals surface area contributed by atoms with Crippen LogP contribution in [-0.2, 0) is 23.9 Å². The maximum Gasteiger partial charge on any atom is 0.417 e. The van der Waals surface area contributed by atoms with Gasteiger partial charge in [0.2, 0.25) is 0 Å². The molecule has 0 fully saturated rings. The molecule has 158 valence electrons. The summed E-state index contributed by atoms with van der Waals surface area (Å²) in [6.07, 6.45) is -3.06. The Kier molecular flexibility index (Phi) is 4.87. The number of halogens is 3. The van der Waals surface area contributed by atoms with Gasteiger partial charge in [-0.3, -0.25) is 4.98 Å². The van der Waals surface area contributed by atoms with Gasteiger partial charge in [-0.25, -0.2) is 14.3 Å². The van der Waals surface area contributed by atoms with Crippen LogP contribution in [-0.4, -0.2) is 38.7 Å². The number of anilines is 1. The van der Waals surface area contributed by atoms with Crippen LogP contribution in [0.5, 0.6) is 0 Å². The summed E-state index contributed by atoms with van der Waals surface area (Å²) < 4.78 is 45.8. The highest BCUT2D eigenvalue weighted by Gasteiger charge is 2.33. The van der Waals surface area contributed by atoms with Gasteiger partial charge in [-0.15, -0.1) is 5.10 Å².